The number of aryl methyl sites for hydroxylation is 1. The van der Waals surface area contributed by atoms with Gasteiger partial charge in [-0.25, -0.2) is 0 Å². The summed E-state index contributed by atoms with van der Waals surface area (Å²) in [6.07, 6.45) is 1.81. The maximum atomic E-state index is 13.5. The molecule has 1 aliphatic heterocycles. The second-order valence-electron chi connectivity index (χ2n) is 8.57. The highest BCUT2D eigenvalue weighted by atomic mass is 32.1. The molecular formula is C26H27N7OS. The first-order chi connectivity index (χ1) is 17.1. The Bertz CT molecular complexity index is 1320. The highest BCUT2D eigenvalue weighted by Crippen LogP contribution is 2.27. The minimum Gasteiger partial charge on any atom is -0.369 e. The number of carbonyl (C=O) groups is 1. The smallest absolute Gasteiger partial charge is 0.274 e. The lowest BCUT2D eigenvalue weighted by atomic mass is 10.1. The van der Waals surface area contributed by atoms with Gasteiger partial charge in [0.05, 0.1) is 0 Å². The van der Waals surface area contributed by atoms with Crippen molar-refractivity contribution in [3.8, 4) is 11.4 Å². The fourth-order valence-corrected chi connectivity index (χ4v) is 4.83. The molecule has 0 atom stereocenters. The number of hydrogen-bond acceptors (Lipinski definition) is 7. The van der Waals surface area contributed by atoms with E-state index < -0.39 is 0 Å². The first kappa shape index (κ1) is 22.9. The Morgan fingerprint density at radius 2 is 1.83 bits per heavy atom. The maximum absolute atomic E-state index is 13.5. The van der Waals surface area contributed by atoms with Gasteiger partial charge < -0.3 is 15.1 Å². The molecule has 0 spiro atoms. The number of amides is 1. The van der Waals surface area contributed by atoms with Crippen LogP contribution in [0.3, 0.4) is 0 Å². The van der Waals surface area contributed by atoms with Crippen LogP contribution in [0.1, 0.15) is 10.4 Å². The SMILES string of the molecule is Cc1cc(NC(=O)/C(=C/c2cccs2)n2nnnc2-c2ccccc2)ccc1N1CCN(C)CC1. The third-order valence-electron chi connectivity index (χ3n) is 6.08. The van der Waals surface area contributed by atoms with Crippen LogP contribution in [-0.2, 0) is 4.79 Å². The monoisotopic (exact) mass is 485 g/mol. The highest BCUT2D eigenvalue weighted by molar-refractivity contribution is 7.10. The number of benzene rings is 2. The van der Waals surface area contributed by atoms with Gasteiger partial charge in [0.1, 0.15) is 5.70 Å². The van der Waals surface area contributed by atoms with Crippen LogP contribution >= 0.6 is 11.3 Å². The fraction of sp³-hybridized carbons (Fsp3) is 0.231. The average Bonchev–Trinajstić information content (AvgIpc) is 3.56. The van der Waals surface area contributed by atoms with Crippen molar-refractivity contribution < 1.29 is 4.79 Å². The minimum atomic E-state index is -0.283. The molecule has 0 radical (unpaired) electrons. The van der Waals surface area contributed by atoms with Crippen molar-refractivity contribution in [1.29, 1.82) is 0 Å². The second-order valence-corrected chi connectivity index (χ2v) is 9.55. The molecule has 1 fully saturated rings. The molecule has 1 saturated heterocycles. The number of anilines is 2. The molecule has 4 aromatic rings. The number of likely N-dealkylation sites (N-methyl/N-ethyl adjacent to an activating group) is 1. The Morgan fingerprint density at radius 3 is 2.54 bits per heavy atom. The number of thiophene rings is 1. The van der Waals surface area contributed by atoms with E-state index in [0.29, 0.717) is 11.5 Å². The van der Waals surface area contributed by atoms with E-state index in [1.165, 1.54) is 10.4 Å². The quantitative estimate of drug-likeness (QED) is 0.414. The van der Waals surface area contributed by atoms with Gasteiger partial charge in [0.15, 0.2) is 5.82 Å². The Balaban J connectivity index is 1.43. The third-order valence-corrected chi connectivity index (χ3v) is 6.90. The summed E-state index contributed by atoms with van der Waals surface area (Å²) in [7, 11) is 2.15. The van der Waals surface area contributed by atoms with Gasteiger partial charge in [-0.3, -0.25) is 4.79 Å². The van der Waals surface area contributed by atoms with Gasteiger partial charge in [0, 0.05) is 48.0 Å². The van der Waals surface area contributed by atoms with E-state index in [-0.39, 0.29) is 5.91 Å². The summed E-state index contributed by atoms with van der Waals surface area (Å²) in [5.74, 6) is 0.222. The van der Waals surface area contributed by atoms with Crippen molar-refractivity contribution in [3.05, 3.63) is 76.5 Å². The Labute approximate surface area is 208 Å². The Morgan fingerprint density at radius 1 is 1.03 bits per heavy atom. The van der Waals surface area contributed by atoms with Crippen molar-refractivity contribution in [2.75, 3.05) is 43.4 Å². The number of rotatable bonds is 6. The first-order valence-electron chi connectivity index (χ1n) is 11.5. The third kappa shape index (κ3) is 5.16. The lowest BCUT2D eigenvalue weighted by Gasteiger charge is -2.35. The van der Waals surface area contributed by atoms with E-state index in [9.17, 15) is 4.79 Å². The van der Waals surface area contributed by atoms with Gasteiger partial charge in [-0.05, 0) is 65.7 Å². The number of aromatic nitrogens is 4. The molecule has 0 aliphatic carbocycles. The summed E-state index contributed by atoms with van der Waals surface area (Å²) >= 11 is 1.55. The maximum Gasteiger partial charge on any atom is 0.274 e. The van der Waals surface area contributed by atoms with Gasteiger partial charge in [-0.1, -0.05) is 36.4 Å². The van der Waals surface area contributed by atoms with Gasteiger partial charge in [-0.2, -0.15) is 4.68 Å². The van der Waals surface area contributed by atoms with Crippen LogP contribution in [0.15, 0.2) is 66.0 Å². The van der Waals surface area contributed by atoms with Crippen LogP contribution in [0, 0.1) is 6.92 Å². The van der Waals surface area contributed by atoms with Crippen molar-refractivity contribution in [1.82, 2.24) is 25.1 Å². The van der Waals surface area contributed by atoms with Crippen LogP contribution in [0.25, 0.3) is 23.2 Å². The summed E-state index contributed by atoms with van der Waals surface area (Å²) in [5.41, 5.74) is 4.24. The van der Waals surface area contributed by atoms with Crippen LogP contribution in [-0.4, -0.2) is 64.2 Å². The van der Waals surface area contributed by atoms with E-state index in [4.69, 9.17) is 0 Å². The largest absolute Gasteiger partial charge is 0.369 e. The van der Waals surface area contributed by atoms with Crippen LogP contribution in [0.5, 0.6) is 0 Å². The van der Waals surface area contributed by atoms with E-state index in [2.05, 4.69) is 50.7 Å². The van der Waals surface area contributed by atoms with E-state index >= 15 is 0 Å². The van der Waals surface area contributed by atoms with Crippen molar-refractivity contribution in [2.24, 2.45) is 0 Å². The first-order valence-corrected chi connectivity index (χ1v) is 12.4. The van der Waals surface area contributed by atoms with Crippen LogP contribution < -0.4 is 10.2 Å². The standard InChI is InChI=1S/C26H27N7OS/c1-19-17-21(10-11-23(19)32-14-12-31(2)13-15-32)27-26(34)24(18-22-9-6-16-35-22)33-25(28-29-30-33)20-7-4-3-5-8-20/h3-11,16-18H,12-15H2,1-2H3,(H,27,34)/b24-18-. The number of nitrogens with zero attached hydrogens (tertiary/aromatic N) is 6. The summed E-state index contributed by atoms with van der Waals surface area (Å²) < 4.78 is 1.50. The number of hydrogen-bond donors (Lipinski definition) is 1. The molecule has 1 N–H and O–H groups in total. The zero-order chi connectivity index (χ0) is 24.2. The summed E-state index contributed by atoms with van der Waals surface area (Å²) in [5, 5.41) is 17.2. The molecule has 0 saturated carbocycles. The number of tetrazole rings is 1. The summed E-state index contributed by atoms with van der Waals surface area (Å²) in [6, 6.07) is 19.6. The number of nitrogens with one attached hydrogen (secondary N) is 1. The van der Waals surface area contributed by atoms with Gasteiger partial charge >= 0.3 is 0 Å². The molecule has 178 valence electrons. The lowest BCUT2D eigenvalue weighted by molar-refractivity contribution is -0.111. The van der Waals surface area contributed by atoms with Gasteiger partial charge in [-0.15, -0.1) is 16.4 Å². The number of carbonyl (C=O) groups excluding carboxylic acids is 1. The van der Waals surface area contributed by atoms with E-state index in [0.717, 1.165) is 47.9 Å². The zero-order valence-corrected chi connectivity index (χ0v) is 20.6. The highest BCUT2D eigenvalue weighted by Gasteiger charge is 2.21. The predicted molar refractivity (Wildman–Crippen MR) is 141 cm³/mol. The normalized spacial score (nSPS) is 14.8. The minimum absolute atomic E-state index is 0.283. The molecule has 35 heavy (non-hydrogen) atoms. The van der Waals surface area contributed by atoms with Crippen LogP contribution in [0.2, 0.25) is 0 Å². The molecule has 2 aromatic carbocycles. The molecule has 5 rings (SSSR count). The van der Waals surface area contributed by atoms with Crippen molar-refractivity contribution in [2.45, 2.75) is 6.92 Å². The zero-order valence-electron chi connectivity index (χ0n) is 19.8. The fourth-order valence-electron chi connectivity index (χ4n) is 4.18. The Kier molecular flexibility index (Phi) is 6.69. The molecule has 2 aromatic heterocycles. The molecule has 0 bridgehead atoms. The van der Waals surface area contributed by atoms with Gasteiger partial charge in [0.2, 0.25) is 0 Å². The van der Waals surface area contributed by atoms with Crippen molar-refractivity contribution in [3.63, 3.8) is 0 Å². The molecule has 3 heterocycles. The molecule has 9 heteroatoms. The molecule has 1 amide bonds. The average molecular weight is 486 g/mol. The van der Waals surface area contributed by atoms with E-state index in [1.54, 1.807) is 11.3 Å². The molecule has 1 aliphatic rings. The van der Waals surface area contributed by atoms with Crippen molar-refractivity contribution >= 4 is 40.4 Å². The summed E-state index contributed by atoms with van der Waals surface area (Å²) in [4.78, 5) is 19.2. The molecule has 8 nitrogen and oxygen atoms in total. The summed E-state index contributed by atoms with van der Waals surface area (Å²) in [6.45, 7) is 6.17. The van der Waals surface area contributed by atoms with Crippen LogP contribution in [0.4, 0.5) is 11.4 Å². The topological polar surface area (TPSA) is 79.2 Å². The lowest BCUT2D eigenvalue weighted by Crippen LogP contribution is -2.44. The molecular weight excluding hydrogens is 458 g/mol. The Hall–Kier alpha value is -3.82. The second kappa shape index (κ2) is 10.2. The van der Waals surface area contributed by atoms with E-state index in [1.807, 2.05) is 66.1 Å². The molecule has 0 unspecified atom stereocenters. The van der Waals surface area contributed by atoms with Gasteiger partial charge in [0.25, 0.3) is 5.91 Å². The number of piperazine rings is 1. The predicted octanol–water partition coefficient (Wildman–Crippen LogP) is 4.10.